The summed E-state index contributed by atoms with van der Waals surface area (Å²) in [6.07, 6.45) is 0.689. The van der Waals surface area contributed by atoms with E-state index in [4.69, 9.17) is 0 Å². The molecule has 0 aliphatic carbocycles. The second-order valence-corrected chi connectivity index (χ2v) is 5.53. The first kappa shape index (κ1) is 13.2. The van der Waals surface area contributed by atoms with Crippen molar-refractivity contribution < 1.29 is 4.92 Å². The van der Waals surface area contributed by atoms with E-state index in [9.17, 15) is 10.1 Å². The summed E-state index contributed by atoms with van der Waals surface area (Å²) in [5, 5.41) is 10.9. The van der Waals surface area contributed by atoms with Gasteiger partial charge in [0.2, 0.25) is 0 Å². The Bertz CT molecular complexity index is 391. The Morgan fingerprint density at radius 1 is 1.44 bits per heavy atom. The number of halogens is 1. The fourth-order valence-electron chi connectivity index (χ4n) is 1.46. The highest BCUT2D eigenvalue weighted by Crippen LogP contribution is 2.25. The predicted octanol–water partition coefficient (Wildman–Crippen LogP) is 3.87. The molecule has 0 bridgehead atoms. The van der Waals surface area contributed by atoms with Crippen LogP contribution in [0.4, 0.5) is 5.69 Å². The third kappa shape index (κ3) is 3.30. The zero-order chi connectivity index (χ0) is 12.3. The highest BCUT2D eigenvalue weighted by atomic mass is 79.9. The summed E-state index contributed by atoms with van der Waals surface area (Å²) in [6.45, 7) is 6.06. The monoisotopic (exact) mass is 285 g/mol. The summed E-state index contributed by atoms with van der Waals surface area (Å²) >= 11 is 3.56. The molecule has 88 valence electrons. The maximum atomic E-state index is 10.9. The lowest BCUT2D eigenvalue weighted by Gasteiger charge is -2.13. The van der Waals surface area contributed by atoms with Crippen molar-refractivity contribution in [3.8, 4) is 0 Å². The van der Waals surface area contributed by atoms with Crippen LogP contribution in [0.5, 0.6) is 0 Å². The van der Waals surface area contributed by atoms with Crippen LogP contribution in [0.1, 0.15) is 25.0 Å². The van der Waals surface area contributed by atoms with Crippen molar-refractivity contribution in [2.45, 2.75) is 32.0 Å². The van der Waals surface area contributed by atoms with Crippen LogP contribution in [0.2, 0.25) is 0 Å². The molecule has 4 heteroatoms. The van der Waals surface area contributed by atoms with E-state index in [-0.39, 0.29) is 15.4 Å². The molecule has 1 aromatic rings. The predicted molar refractivity (Wildman–Crippen MR) is 69.1 cm³/mol. The minimum atomic E-state index is -0.303. The van der Waals surface area contributed by atoms with Crippen LogP contribution in [-0.4, -0.2) is 9.75 Å². The van der Waals surface area contributed by atoms with Gasteiger partial charge in [-0.1, -0.05) is 41.9 Å². The maximum absolute atomic E-state index is 10.9. The van der Waals surface area contributed by atoms with E-state index in [0.717, 1.165) is 11.1 Å². The van der Waals surface area contributed by atoms with Crippen LogP contribution < -0.4 is 0 Å². The Morgan fingerprint density at radius 2 is 2.06 bits per heavy atom. The van der Waals surface area contributed by atoms with Crippen LogP contribution in [-0.2, 0) is 6.42 Å². The van der Waals surface area contributed by atoms with Gasteiger partial charge in [-0.25, -0.2) is 0 Å². The molecule has 0 aliphatic heterocycles. The summed E-state index contributed by atoms with van der Waals surface area (Å²) < 4.78 is 0. The van der Waals surface area contributed by atoms with Gasteiger partial charge in [-0.05, 0) is 24.8 Å². The molecule has 1 unspecified atom stereocenters. The first-order valence-electron chi connectivity index (χ1n) is 5.29. The lowest BCUT2D eigenvalue weighted by Crippen LogP contribution is -2.11. The normalized spacial score (nSPS) is 12.8. The average Bonchev–Trinajstić information content (AvgIpc) is 2.20. The lowest BCUT2D eigenvalue weighted by atomic mass is 10.00. The van der Waals surface area contributed by atoms with Crippen LogP contribution in [0.25, 0.3) is 0 Å². The Labute approximate surface area is 104 Å². The van der Waals surface area contributed by atoms with Gasteiger partial charge in [0.05, 0.1) is 4.92 Å². The molecule has 16 heavy (non-hydrogen) atoms. The summed E-state index contributed by atoms with van der Waals surface area (Å²) in [4.78, 5) is 10.9. The standard InChI is InChI=1S/C12H16BrNO2/c1-8(2)11(13)7-10-5-4-9(3)6-12(10)14(15)16/h4-6,8,11H,7H2,1-3H3. The van der Waals surface area contributed by atoms with Crippen molar-refractivity contribution in [3.63, 3.8) is 0 Å². The van der Waals surface area contributed by atoms with E-state index in [1.165, 1.54) is 0 Å². The minimum Gasteiger partial charge on any atom is -0.258 e. The zero-order valence-corrected chi connectivity index (χ0v) is 11.3. The molecular weight excluding hydrogens is 270 g/mol. The van der Waals surface area contributed by atoms with Gasteiger partial charge in [-0.3, -0.25) is 10.1 Å². The van der Waals surface area contributed by atoms with Crippen molar-refractivity contribution in [1.82, 2.24) is 0 Å². The molecule has 3 nitrogen and oxygen atoms in total. The summed E-state index contributed by atoms with van der Waals surface area (Å²) in [5.74, 6) is 0.459. The molecule has 0 spiro atoms. The molecule has 0 radical (unpaired) electrons. The number of nitro groups is 1. The smallest absolute Gasteiger partial charge is 0.258 e. The van der Waals surface area contributed by atoms with Crippen LogP contribution >= 0.6 is 15.9 Å². The van der Waals surface area contributed by atoms with Gasteiger partial charge >= 0.3 is 0 Å². The van der Waals surface area contributed by atoms with Gasteiger partial charge in [0.15, 0.2) is 0 Å². The quantitative estimate of drug-likeness (QED) is 0.479. The SMILES string of the molecule is Cc1ccc(CC(Br)C(C)C)c([N+](=O)[O-])c1. The first-order valence-corrected chi connectivity index (χ1v) is 6.21. The summed E-state index contributed by atoms with van der Waals surface area (Å²) in [5.41, 5.74) is 1.95. The van der Waals surface area contributed by atoms with E-state index in [1.54, 1.807) is 6.07 Å². The van der Waals surface area contributed by atoms with Crippen molar-refractivity contribution in [1.29, 1.82) is 0 Å². The largest absolute Gasteiger partial charge is 0.272 e. The van der Waals surface area contributed by atoms with Crippen molar-refractivity contribution in [2.75, 3.05) is 0 Å². The third-order valence-corrected chi connectivity index (χ3v) is 3.96. The molecule has 0 aromatic heterocycles. The molecule has 0 saturated carbocycles. The number of hydrogen-bond acceptors (Lipinski definition) is 2. The topological polar surface area (TPSA) is 43.1 Å². The summed E-state index contributed by atoms with van der Waals surface area (Å²) in [6, 6.07) is 5.40. The molecule has 0 aliphatic rings. The first-order chi connectivity index (χ1) is 7.41. The van der Waals surface area contributed by atoms with Crippen molar-refractivity contribution in [2.24, 2.45) is 5.92 Å². The highest BCUT2D eigenvalue weighted by Gasteiger charge is 2.18. The van der Waals surface area contributed by atoms with Gasteiger partial charge < -0.3 is 0 Å². The van der Waals surface area contributed by atoms with Crippen LogP contribution in [0.15, 0.2) is 18.2 Å². The molecule has 0 amide bonds. The summed E-state index contributed by atoms with van der Waals surface area (Å²) in [7, 11) is 0. The molecule has 1 aromatic carbocycles. The van der Waals surface area contributed by atoms with E-state index in [0.29, 0.717) is 12.3 Å². The highest BCUT2D eigenvalue weighted by molar-refractivity contribution is 9.09. The number of rotatable bonds is 4. The Hall–Kier alpha value is -0.900. The van der Waals surface area contributed by atoms with Gasteiger partial charge in [0, 0.05) is 16.5 Å². The lowest BCUT2D eigenvalue weighted by molar-refractivity contribution is -0.385. The van der Waals surface area contributed by atoms with Crippen LogP contribution in [0.3, 0.4) is 0 Å². The second-order valence-electron chi connectivity index (χ2n) is 4.35. The third-order valence-electron chi connectivity index (χ3n) is 2.58. The van der Waals surface area contributed by atoms with Gasteiger partial charge in [0.25, 0.3) is 5.69 Å². The number of benzene rings is 1. The van der Waals surface area contributed by atoms with E-state index >= 15 is 0 Å². The Morgan fingerprint density at radius 3 is 2.56 bits per heavy atom. The fraction of sp³-hybridized carbons (Fsp3) is 0.500. The van der Waals surface area contributed by atoms with E-state index < -0.39 is 0 Å². The van der Waals surface area contributed by atoms with E-state index in [2.05, 4.69) is 29.8 Å². The molecule has 1 rings (SSSR count). The van der Waals surface area contributed by atoms with E-state index in [1.807, 2.05) is 19.1 Å². The average molecular weight is 286 g/mol. The molecule has 1 atom stereocenters. The van der Waals surface area contributed by atoms with Gasteiger partial charge in [-0.15, -0.1) is 0 Å². The molecule has 0 fully saturated rings. The van der Waals surface area contributed by atoms with Crippen LogP contribution in [0, 0.1) is 23.0 Å². The number of nitrogens with zero attached hydrogens (tertiary/aromatic N) is 1. The Balaban J connectivity index is 2.99. The molecule has 0 N–H and O–H groups in total. The second kappa shape index (κ2) is 5.43. The van der Waals surface area contributed by atoms with Crippen molar-refractivity contribution >= 4 is 21.6 Å². The van der Waals surface area contributed by atoms with Gasteiger partial charge in [-0.2, -0.15) is 0 Å². The Kier molecular flexibility index (Phi) is 4.47. The molecule has 0 heterocycles. The van der Waals surface area contributed by atoms with Crippen molar-refractivity contribution in [3.05, 3.63) is 39.4 Å². The number of alkyl halides is 1. The minimum absolute atomic E-state index is 0.227. The molecule has 0 saturated heterocycles. The fourth-order valence-corrected chi connectivity index (χ4v) is 1.81. The maximum Gasteiger partial charge on any atom is 0.272 e. The number of hydrogen-bond donors (Lipinski definition) is 0. The molecular formula is C12H16BrNO2. The number of aryl methyl sites for hydroxylation is 1. The number of nitro benzene ring substituents is 1. The zero-order valence-electron chi connectivity index (χ0n) is 9.74. The van der Waals surface area contributed by atoms with Gasteiger partial charge in [0.1, 0.15) is 0 Å².